The summed E-state index contributed by atoms with van der Waals surface area (Å²) in [5.41, 5.74) is -1.36. The molecule has 14 nitrogen and oxygen atoms in total. The Labute approximate surface area is 214 Å². The van der Waals surface area contributed by atoms with Crippen LogP contribution in [0, 0.1) is 0 Å². The highest BCUT2D eigenvalue weighted by molar-refractivity contribution is 5.96. The van der Waals surface area contributed by atoms with E-state index in [2.05, 4.69) is 0 Å². The zero-order chi connectivity index (χ0) is 27.9. The molecule has 2 aromatic carbocycles. The number of aliphatic hydroxyl groups excluding tert-OH is 4. The number of ether oxygens (including phenoxy) is 5. The lowest BCUT2D eigenvalue weighted by molar-refractivity contribution is -0.277. The number of aliphatic hydroxyl groups is 4. The predicted octanol–water partition coefficient (Wildman–Crippen LogP) is -0.219. The van der Waals surface area contributed by atoms with Gasteiger partial charge in [-0.2, -0.15) is 0 Å². The molecule has 14 heteroatoms. The molecule has 38 heavy (non-hydrogen) atoms. The zero-order valence-corrected chi connectivity index (χ0v) is 20.3. The average molecular weight is 538 g/mol. The van der Waals surface area contributed by atoms with E-state index in [-0.39, 0.29) is 28.6 Å². The summed E-state index contributed by atoms with van der Waals surface area (Å²) in [6.45, 7) is -0.756. The molecular formula is C24H26O14. The van der Waals surface area contributed by atoms with Crippen LogP contribution in [0.3, 0.4) is 0 Å². The van der Waals surface area contributed by atoms with Gasteiger partial charge < -0.3 is 63.8 Å². The maximum atomic E-state index is 13.8. The fourth-order valence-corrected chi connectivity index (χ4v) is 4.11. The monoisotopic (exact) mass is 538 g/mol. The van der Waals surface area contributed by atoms with E-state index in [0.29, 0.717) is 0 Å². The van der Waals surface area contributed by atoms with Crippen molar-refractivity contribution in [3.8, 4) is 51.6 Å². The van der Waals surface area contributed by atoms with Gasteiger partial charge in [-0.3, -0.25) is 4.79 Å². The van der Waals surface area contributed by atoms with Crippen molar-refractivity contribution in [2.24, 2.45) is 0 Å². The maximum Gasteiger partial charge on any atom is 0.239 e. The SMILES string of the molecule is COc1cc(-c2oc3c(OC)c(O)c(OC)c(O)c3c(=O)c2O[C@@H]2O[C@H](CO)[C@@H](O)[C@@H](O)[C@H]2O)ccc1O. The van der Waals surface area contributed by atoms with Crippen molar-refractivity contribution in [3.63, 3.8) is 0 Å². The van der Waals surface area contributed by atoms with Crippen LogP contribution in [0.4, 0.5) is 0 Å². The van der Waals surface area contributed by atoms with E-state index in [0.717, 1.165) is 7.11 Å². The van der Waals surface area contributed by atoms with Crippen molar-refractivity contribution in [1.29, 1.82) is 0 Å². The first-order valence-electron chi connectivity index (χ1n) is 11.1. The van der Waals surface area contributed by atoms with Crippen LogP contribution in [-0.4, -0.2) is 94.4 Å². The molecule has 4 rings (SSSR count). The van der Waals surface area contributed by atoms with Crippen LogP contribution in [0.1, 0.15) is 0 Å². The van der Waals surface area contributed by atoms with Crippen molar-refractivity contribution in [2.45, 2.75) is 30.7 Å². The number of aromatic hydroxyl groups is 3. The average Bonchev–Trinajstić information content (AvgIpc) is 2.90. The summed E-state index contributed by atoms with van der Waals surface area (Å²) in [6.07, 6.45) is -8.55. The van der Waals surface area contributed by atoms with Gasteiger partial charge in [-0.05, 0) is 18.2 Å². The molecule has 1 aromatic heterocycles. The molecule has 3 aromatic rings. The normalized spacial score (nSPS) is 23.3. The molecule has 1 saturated heterocycles. The predicted molar refractivity (Wildman–Crippen MR) is 127 cm³/mol. The van der Waals surface area contributed by atoms with Crippen LogP contribution in [0.5, 0.6) is 40.2 Å². The van der Waals surface area contributed by atoms with E-state index in [1.54, 1.807) is 0 Å². The molecule has 2 heterocycles. The summed E-state index contributed by atoms with van der Waals surface area (Å²) in [4.78, 5) is 13.8. The van der Waals surface area contributed by atoms with Gasteiger partial charge in [0.1, 0.15) is 29.8 Å². The van der Waals surface area contributed by atoms with Crippen LogP contribution >= 0.6 is 0 Å². The van der Waals surface area contributed by atoms with E-state index in [1.807, 2.05) is 0 Å². The first-order chi connectivity index (χ1) is 18.1. The Morgan fingerprint density at radius 3 is 2.16 bits per heavy atom. The number of phenols is 3. The van der Waals surface area contributed by atoms with Crippen LogP contribution in [0.15, 0.2) is 27.4 Å². The Bertz CT molecular complexity index is 1400. The van der Waals surface area contributed by atoms with Gasteiger partial charge in [-0.1, -0.05) is 0 Å². The Hall–Kier alpha value is -3.95. The zero-order valence-electron chi connectivity index (χ0n) is 20.3. The maximum absolute atomic E-state index is 13.8. The third-order valence-electron chi connectivity index (χ3n) is 6.09. The van der Waals surface area contributed by atoms with E-state index in [1.165, 1.54) is 32.4 Å². The number of methoxy groups -OCH3 is 3. The number of benzene rings is 2. The van der Waals surface area contributed by atoms with Gasteiger partial charge in [0.05, 0.1) is 27.9 Å². The number of rotatable bonds is 7. The minimum Gasteiger partial charge on any atom is -0.504 e. The highest BCUT2D eigenvalue weighted by atomic mass is 16.7. The lowest BCUT2D eigenvalue weighted by Gasteiger charge is -2.39. The first kappa shape index (κ1) is 27.1. The topological polar surface area (TPSA) is 218 Å². The minimum absolute atomic E-state index is 0.0172. The summed E-state index contributed by atoms with van der Waals surface area (Å²) in [5.74, 6) is -3.61. The molecule has 0 saturated carbocycles. The van der Waals surface area contributed by atoms with Crippen LogP contribution in [-0.2, 0) is 4.74 Å². The third kappa shape index (κ3) is 4.27. The second kappa shape index (κ2) is 10.4. The quantitative estimate of drug-likeness (QED) is 0.207. The Morgan fingerprint density at radius 1 is 0.868 bits per heavy atom. The van der Waals surface area contributed by atoms with E-state index in [4.69, 9.17) is 28.1 Å². The molecule has 1 fully saturated rings. The number of hydrogen-bond donors (Lipinski definition) is 7. The van der Waals surface area contributed by atoms with Crippen molar-refractivity contribution < 1.29 is 63.8 Å². The van der Waals surface area contributed by atoms with Gasteiger partial charge in [0.15, 0.2) is 28.6 Å². The lowest BCUT2D eigenvalue weighted by Crippen LogP contribution is -2.60. The molecule has 206 valence electrons. The molecule has 7 N–H and O–H groups in total. The molecular weight excluding hydrogens is 512 g/mol. The molecule has 5 atom stereocenters. The highest BCUT2D eigenvalue weighted by Crippen LogP contribution is 2.50. The standard InChI is InChI=1S/C24H26O14/c1-33-10-6-8(4-5-9(10)26)19-23(38-24-17(31)16(30)13(27)11(7-25)36-24)15(29)12-14(28)21(34-2)18(32)22(35-3)20(12)37-19/h4-6,11,13,16-17,24-28,30-32H,7H2,1-3H3/t11-,13-,16-,17-,24+/m1/s1. The third-order valence-corrected chi connectivity index (χ3v) is 6.09. The number of phenolic OH excluding ortho intramolecular Hbond substituents is 3. The van der Waals surface area contributed by atoms with Gasteiger partial charge in [0.25, 0.3) is 0 Å². The van der Waals surface area contributed by atoms with Crippen molar-refractivity contribution in [1.82, 2.24) is 0 Å². The van der Waals surface area contributed by atoms with E-state index < -0.39 is 76.7 Å². The number of hydrogen-bond acceptors (Lipinski definition) is 14. The highest BCUT2D eigenvalue weighted by Gasteiger charge is 2.45. The van der Waals surface area contributed by atoms with E-state index in [9.17, 15) is 40.5 Å². The van der Waals surface area contributed by atoms with Gasteiger partial charge in [0, 0.05) is 5.56 Å². The van der Waals surface area contributed by atoms with Gasteiger partial charge in [0.2, 0.25) is 34.7 Å². The van der Waals surface area contributed by atoms with Crippen molar-refractivity contribution in [3.05, 3.63) is 28.4 Å². The largest absolute Gasteiger partial charge is 0.504 e. The van der Waals surface area contributed by atoms with Crippen LogP contribution in [0.25, 0.3) is 22.3 Å². The molecule has 0 amide bonds. The van der Waals surface area contributed by atoms with Crippen LogP contribution in [0.2, 0.25) is 0 Å². The van der Waals surface area contributed by atoms with Gasteiger partial charge >= 0.3 is 0 Å². The molecule has 0 aliphatic carbocycles. The number of fused-ring (bicyclic) bond motifs is 1. The van der Waals surface area contributed by atoms with Crippen molar-refractivity contribution >= 4 is 11.0 Å². The van der Waals surface area contributed by atoms with Crippen molar-refractivity contribution in [2.75, 3.05) is 27.9 Å². The smallest absolute Gasteiger partial charge is 0.239 e. The van der Waals surface area contributed by atoms with Crippen LogP contribution < -0.4 is 24.4 Å². The van der Waals surface area contributed by atoms with Gasteiger partial charge in [-0.25, -0.2) is 0 Å². The second-order valence-electron chi connectivity index (χ2n) is 8.26. The van der Waals surface area contributed by atoms with E-state index >= 15 is 0 Å². The minimum atomic E-state index is -1.89. The first-order valence-corrected chi connectivity index (χ1v) is 11.1. The molecule has 1 aliphatic heterocycles. The van der Waals surface area contributed by atoms with Gasteiger partial charge in [-0.15, -0.1) is 0 Å². The molecule has 1 aliphatic rings. The summed E-state index contributed by atoms with van der Waals surface area (Å²) >= 11 is 0. The summed E-state index contributed by atoms with van der Waals surface area (Å²) in [7, 11) is 3.59. The summed E-state index contributed by atoms with van der Waals surface area (Å²) in [5, 5.41) is 71.0. The summed E-state index contributed by atoms with van der Waals surface area (Å²) < 4.78 is 32.2. The Morgan fingerprint density at radius 2 is 1.55 bits per heavy atom. The molecule has 0 bridgehead atoms. The second-order valence-corrected chi connectivity index (χ2v) is 8.26. The molecule has 0 unspecified atom stereocenters. The fourth-order valence-electron chi connectivity index (χ4n) is 4.11. The Balaban J connectivity index is 2.03. The Kier molecular flexibility index (Phi) is 7.44. The molecule has 0 spiro atoms. The fraction of sp³-hybridized carbons (Fsp3) is 0.375. The lowest BCUT2D eigenvalue weighted by atomic mass is 9.99. The molecule has 0 radical (unpaired) electrons. The summed E-state index contributed by atoms with van der Waals surface area (Å²) in [6, 6.07) is 3.85.